The first-order chi connectivity index (χ1) is 15.5. The molecule has 166 valence electrons. The molecule has 0 aromatic heterocycles. The molecule has 1 N–H and O–H groups in total. The number of hydrogen-bond acceptors (Lipinski definition) is 6. The van der Waals surface area contributed by atoms with Crippen molar-refractivity contribution in [2.24, 2.45) is 0 Å². The number of amides is 1. The molecule has 1 atom stereocenters. The molecule has 0 aliphatic carbocycles. The van der Waals surface area contributed by atoms with Crippen LogP contribution in [0.1, 0.15) is 17.2 Å². The zero-order chi connectivity index (χ0) is 22.9. The van der Waals surface area contributed by atoms with Crippen LogP contribution in [0, 0.1) is 6.92 Å². The van der Waals surface area contributed by atoms with Crippen LogP contribution in [0.4, 0.5) is 5.69 Å². The van der Waals surface area contributed by atoms with Gasteiger partial charge in [0, 0.05) is 5.56 Å². The van der Waals surface area contributed by atoms with E-state index in [4.69, 9.17) is 18.9 Å². The fourth-order valence-electron chi connectivity index (χ4n) is 3.00. The standard InChI is InChI=1S/C25H25NO6/c1-17-9-14-22(30-3)21(15-17)26-25(28)24(18-7-5-4-6-8-18)32-23(27)16-31-20-12-10-19(29-2)11-13-20/h4-15,24H,16H2,1-3H3,(H,26,28). The maximum Gasteiger partial charge on any atom is 0.345 e. The number of aryl methyl sites for hydroxylation is 1. The number of carbonyl (C=O) groups is 2. The van der Waals surface area contributed by atoms with E-state index in [0.717, 1.165) is 5.56 Å². The van der Waals surface area contributed by atoms with Crippen molar-refractivity contribution >= 4 is 17.6 Å². The number of methoxy groups -OCH3 is 2. The van der Waals surface area contributed by atoms with Gasteiger partial charge in [-0.1, -0.05) is 36.4 Å². The molecular formula is C25H25NO6. The van der Waals surface area contributed by atoms with Gasteiger partial charge in [0.2, 0.25) is 6.10 Å². The summed E-state index contributed by atoms with van der Waals surface area (Å²) < 4.78 is 21.4. The molecule has 3 aromatic rings. The number of hydrogen-bond donors (Lipinski definition) is 1. The molecule has 7 heteroatoms. The molecule has 0 saturated carbocycles. The SMILES string of the molecule is COc1ccc(OCC(=O)OC(C(=O)Nc2cc(C)ccc2OC)c2ccccc2)cc1. The molecule has 0 aliphatic rings. The van der Waals surface area contributed by atoms with Crippen molar-refractivity contribution in [1.82, 2.24) is 0 Å². The minimum Gasteiger partial charge on any atom is -0.497 e. The average Bonchev–Trinajstić information content (AvgIpc) is 2.82. The zero-order valence-corrected chi connectivity index (χ0v) is 18.2. The molecule has 1 unspecified atom stereocenters. The van der Waals surface area contributed by atoms with E-state index in [1.54, 1.807) is 67.8 Å². The van der Waals surface area contributed by atoms with Crippen molar-refractivity contribution in [3.8, 4) is 17.2 Å². The summed E-state index contributed by atoms with van der Waals surface area (Å²) in [5.74, 6) is 0.476. The predicted octanol–water partition coefficient (Wildman–Crippen LogP) is 4.31. The molecule has 3 rings (SSSR count). The highest BCUT2D eigenvalue weighted by atomic mass is 16.6. The van der Waals surface area contributed by atoms with E-state index >= 15 is 0 Å². The highest BCUT2D eigenvalue weighted by Crippen LogP contribution is 2.28. The molecule has 0 spiro atoms. The first-order valence-electron chi connectivity index (χ1n) is 9.97. The van der Waals surface area contributed by atoms with Crippen molar-refractivity contribution in [3.05, 3.63) is 83.9 Å². The Bertz CT molecular complexity index is 1050. The molecule has 0 fully saturated rings. The van der Waals surface area contributed by atoms with Gasteiger partial charge in [0.05, 0.1) is 19.9 Å². The largest absolute Gasteiger partial charge is 0.497 e. The molecule has 0 heterocycles. The van der Waals surface area contributed by atoms with Crippen LogP contribution in [0.3, 0.4) is 0 Å². The van der Waals surface area contributed by atoms with Gasteiger partial charge in [-0.3, -0.25) is 4.79 Å². The van der Waals surface area contributed by atoms with Crippen molar-refractivity contribution in [1.29, 1.82) is 0 Å². The summed E-state index contributed by atoms with van der Waals surface area (Å²) in [6, 6.07) is 21.0. The summed E-state index contributed by atoms with van der Waals surface area (Å²) in [4.78, 5) is 25.6. The molecular weight excluding hydrogens is 410 g/mol. The lowest BCUT2D eigenvalue weighted by atomic mass is 10.1. The molecule has 7 nitrogen and oxygen atoms in total. The van der Waals surface area contributed by atoms with Crippen LogP contribution in [0.5, 0.6) is 17.2 Å². The van der Waals surface area contributed by atoms with E-state index in [1.807, 2.05) is 19.1 Å². The van der Waals surface area contributed by atoms with E-state index in [1.165, 1.54) is 7.11 Å². The second-order valence-corrected chi connectivity index (χ2v) is 6.94. The number of esters is 1. The zero-order valence-electron chi connectivity index (χ0n) is 18.2. The van der Waals surface area contributed by atoms with Crippen LogP contribution in [0.2, 0.25) is 0 Å². The number of ether oxygens (including phenoxy) is 4. The van der Waals surface area contributed by atoms with Gasteiger partial charge in [-0.2, -0.15) is 0 Å². The Kier molecular flexibility index (Phi) is 7.70. The van der Waals surface area contributed by atoms with E-state index < -0.39 is 18.0 Å². The summed E-state index contributed by atoms with van der Waals surface area (Å²) >= 11 is 0. The van der Waals surface area contributed by atoms with Gasteiger partial charge >= 0.3 is 5.97 Å². The summed E-state index contributed by atoms with van der Waals surface area (Å²) in [7, 11) is 3.08. The second-order valence-electron chi connectivity index (χ2n) is 6.94. The van der Waals surface area contributed by atoms with E-state index in [2.05, 4.69) is 5.32 Å². The minimum absolute atomic E-state index is 0.350. The van der Waals surface area contributed by atoms with Crippen LogP contribution >= 0.6 is 0 Å². The number of nitrogens with one attached hydrogen (secondary N) is 1. The normalized spacial score (nSPS) is 11.2. The topological polar surface area (TPSA) is 83.1 Å². The van der Waals surface area contributed by atoms with Gasteiger partial charge < -0.3 is 24.3 Å². The van der Waals surface area contributed by atoms with Crippen molar-refractivity contribution < 1.29 is 28.5 Å². The monoisotopic (exact) mass is 435 g/mol. The Morgan fingerprint density at radius 3 is 2.22 bits per heavy atom. The smallest absolute Gasteiger partial charge is 0.345 e. The number of anilines is 1. The Balaban J connectivity index is 1.72. The Morgan fingerprint density at radius 2 is 1.56 bits per heavy atom. The molecule has 0 radical (unpaired) electrons. The summed E-state index contributed by atoms with van der Waals surface area (Å²) in [5, 5.41) is 2.80. The summed E-state index contributed by atoms with van der Waals surface area (Å²) in [6.07, 6.45) is -1.16. The second kappa shape index (κ2) is 10.9. The van der Waals surface area contributed by atoms with E-state index in [-0.39, 0.29) is 6.61 Å². The lowest BCUT2D eigenvalue weighted by Gasteiger charge is -2.19. The Morgan fingerprint density at radius 1 is 0.875 bits per heavy atom. The van der Waals surface area contributed by atoms with Crippen LogP contribution in [-0.2, 0) is 14.3 Å². The molecule has 32 heavy (non-hydrogen) atoms. The first kappa shape index (κ1) is 22.7. The van der Waals surface area contributed by atoms with E-state index in [9.17, 15) is 9.59 Å². The van der Waals surface area contributed by atoms with Gasteiger partial charge in [0.15, 0.2) is 6.61 Å². The third-order valence-electron chi connectivity index (χ3n) is 4.62. The van der Waals surface area contributed by atoms with Gasteiger partial charge in [-0.15, -0.1) is 0 Å². The van der Waals surface area contributed by atoms with Gasteiger partial charge in [0.25, 0.3) is 5.91 Å². The molecule has 3 aromatic carbocycles. The lowest BCUT2D eigenvalue weighted by molar-refractivity contribution is -0.156. The molecule has 0 aliphatic heterocycles. The highest BCUT2D eigenvalue weighted by Gasteiger charge is 2.26. The van der Waals surface area contributed by atoms with Crippen molar-refractivity contribution in [2.45, 2.75) is 13.0 Å². The van der Waals surface area contributed by atoms with Crippen molar-refractivity contribution in [3.63, 3.8) is 0 Å². The minimum atomic E-state index is -1.16. The summed E-state index contributed by atoms with van der Waals surface area (Å²) in [5.41, 5.74) is 1.97. The van der Waals surface area contributed by atoms with Crippen molar-refractivity contribution in [2.75, 3.05) is 26.1 Å². The predicted molar refractivity (Wildman–Crippen MR) is 120 cm³/mol. The van der Waals surface area contributed by atoms with Crippen LogP contribution in [0.15, 0.2) is 72.8 Å². The third kappa shape index (κ3) is 6.01. The van der Waals surface area contributed by atoms with Crippen LogP contribution in [0.25, 0.3) is 0 Å². The lowest BCUT2D eigenvalue weighted by Crippen LogP contribution is -2.28. The number of carbonyl (C=O) groups excluding carboxylic acids is 2. The van der Waals surface area contributed by atoms with Gasteiger partial charge in [-0.05, 0) is 48.9 Å². The maximum absolute atomic E-state index is 13.1. The van der Waals surface area contributed by atoms with Gasteiger partial charge in [0.1, 0.15) is 17.2 Å². The average molecular weight is 435 g/mol. The highest BCUT2D eigenvalue weighted by molar-refractivity contribution is 5.97. The third-order valence-corrected chi connectivity index (χ3v) is 4.62. The fraction of sp³-hybridized carbons (Fsp3) is 0.200. The van der Waals surface area contributed by atoms with Crippen LogP contribution < -0.4 is 19.5 Å². The summed E-state index contributed by atoms with van der Waals surface area (Å²) in [6.45, 7) is 1.55. The molecule has 0 saturated heterocycles. The number of rotatable bonds is 9. The Hall–Kier alpha value is -4.00. The molecule has 1 amide bonds. The number of benzene rings is 3. The first-order valence-corrected chi connectivity index (χ1v) is 9.97. The van der Waals surface area contributed by atoms with Crippen LogP contribution in [-0.4, -0.2) is 32.7 Å². The molecule has 0 bridgehead atoms. The van der Waals surface area contributed by atoms with E-state index in [0.29, 0.717) is 28.5 Å². The van der Waals surface area contributed by atoms with Gasteiger partial charge in [-0.25, -0.2) is 4.79 Å². The Labute approximate surface area is 186 Å². The maximum atomic E-state index is 13.1. The fourth-order valence-corrected chi connectivity index (χ4v) is 3.00. The quantitative estimate of drug-likeness (QED) is 0.504.